The van der Waals surface area contributed by atoms with Gasteiger partial charge in [-0.25, -0.2) is 63.1 Å². The number of benzene rings is 6. The molecular formula is C116H101ClF8N24. The fourth-order valence-electron chi connectivity index (χ4n) is 16.5. The van der Waals surface area contributed by atoms with Crippen molar-refractivity contribution in [3.05, 3.63) is 436 Å². The second kappa shape index (κ2) is 46.6. The zero-order chi connectivity index (χ0) is 98.2. The van der Waals surface area contributed by atoms with Gasteiger partial charge in [0, 0.05) is 267 Å². The highest BCUT2D eigenvalue weighted by Gasteiger charge is 2.33. The summed E-state index contributed by atoms with van der Waals surface area (Å²) in [6.45, 7) is 5.88. The van der Waals surface area contributed by atoms with Crippen LogP contribution in [0.5, 0.6) is 0 Å². The van der Waals surface area contributed by atoms with Gasteiger partial charge in [-0.1, -0.05) is 159 Å². The number of aromatic nitrogens is 24. The SMILES string of the molecule is C.C.C.C.C.C.Cc1cc(-c2ncccc2-c2cnc3nccn3c2)ccc1F.Cc1cc2nccn2cc1-c1cccnc1-c1ccc(F)c(Cl)c1.Cc1cccc(-c2ncccc2-c2cnc3nccn3c2)c1.FC(F)(F)c1cccc(-c2ncccc2-c2cnc3nccn3c2)c1.FC(F)(F)c1cccc(-c2ncccc2-c2cnc3ncnn3c2)c1.c1cc(-c2ncccc2-c2cnc3nccn3c2)cc(C2CC2)c1. The monoisotopic (exact) mass is 2020 g/mol. The van der Waals surface area contributed by atoms with E-state index in [1.54, 1.807) is 147 Å². The Morgan fingerprint density at radius 1 is 0.275 bits per heavy atom. The lowest BCUT2D eigenvalue weighted by molar-refractivity contribution is -0.138. The average Bonchev–Trinajstić information content (AvgIpc) is 1.83. The second-order valence-electron chi connectivity index (χ2n) is 33.2. The summed E-state index contributed by atoms with van der Waals surface area (Å²) in [5, 5.41) is 4.12. The van der Waals surface area contributed by atoms with E-state index < -0.39 is 29.3 Å². The van der Waals surface area contributed by atoms with E-state index >= 15 is 0 Å². The Hall–Kier alpha value is -18.3. The van der Waals surface area contributed by atoms with Gasteiger partial charge in [0.05, 0.1) is 50.3 Å². The maximum atomic E-state index is 13.5. The molecule has 24 nitrogen and oxygen atoms in total. The standard InChI is InChI=1S/C20H16N4.C19H13ClFN3.C18H11F3N4.C18H13FN4.C18H14N4.C17H10F3N5.6CH4/c1-3-15(14-6-7-14)11-16(4-1)19-18(5-2-8-21-19)17-12-23-20-22-9-10-24(20)13-17;1-12-9-18-22-7-8-24(18)11-15(12)14-3-2-6-23-19(14)13-4-5-17(21)16(20)10-13;19-18(20,21)14-4-1-3-12(9-14)16-15(5-2-6-22-16)13-10-24-17-23-7-8-25(17)11-13;1-12-9-13(4-5-16(12)19)17-15(3-2-6-20-17)14-10-22-18-21-7-8-23(18)11-14;1-13-4-2-5-14(10-13)17-16(6-3-7-19-17)15-11-21-18-20-8-9-22(18)12-15;18-17(19,20)13-4-1-3-11(7-13)15-14(5-2-6-21-15)12-8-22-16-23-10-24-25(16)9-12;;;;;;/h1-5,8-14H,6-7H2;2-11H,1H3;1-11H;2-11H,1H3;2-12H,1H3;1-10H;6*1H4. The highest BCUT2D eigenvalue weighted by Crippen LogP contribution is 2.44. The van der Waals surface area contributed by atoms with E-state index in [-0.39, 0.29) is 55.4 Å². The van der Waals surface area contributed by atoms with E-state index in [0.29, 0.717) is 73.7 Å². The van der Waals surface area contributed by atoms with Crippen molar-refractivity contribution in [3.63, 3.8) is 0 Å². The summed E-state index contributed by atoms with van der Waals surface area (Å²) in [7, 11) is 0. The predicted octanol–water partition coefficient (Wildman–Crippen LogP) is 29.3. The summed E-state index contributed by atoms with van der Waals surface area (Å²) in [5.74, 6) is 3.13. The van der Waals surface area contributed by atoms with Crippen LogP contribution in [0.3, 0.4) is 0 Å². The minimum Gasteiger partial charge on any atom is -0.306 e. The summed E-state index contributed by atoms with van der Waals surface area (Å²) in [5.41, 5.74) is 23.9. The van der Waals surface area contributed by atoms with Crippen molar-refractivity contribution in [2.45, 2.75) is 96.4 Å². The molecule has 1 fully saturated rings. The Morgan fingerprint density at radius 3 is 1.03 bits per heavy atom. The topological polar surface area (TPSA) is 258 Å². The Kier molecular flexibility index (Phi) is 33.3. The zero-order valence-electron chi connectivity index (χ0n) is 76.0. The third-order valence-electron chi connectivity index (χ3n) is 23.6. The molecule has 1 aliphatic carbocycles. The number of rotatable bonds is 13. The fourth-order valence-corrected chi connectivity index (χ4v) is 16.7. The number of imidazole rings is 5. The van der Waals surface area contributed by atoms with E-state index in [9.17, 15) is 35.1 Å². The van der Waals surface area contributed by atoms with Gasteiger partial charge in [-0.15, -0.1) is 0 Å². The highest BCUT2D eigenvalue weighted by molar-refractivity contribution is 6.31. The highest BCUT2D eigenvalue weighted by atomic mass is 35.5. The molecule has 0 N–H and O–H groups in total. The lowest BCUT2D eigenvalue weighted by Crippen LogP contribution is -2.04. The van der Waals surface area contributed by atoms with Crippen molar-refractivity contribution in [2.75, 3.05) is 0 Å². The molecule has 0 amide bonds. The Balaban J connectivity index is 0.000000140. The molecule has 0 radical (unpaired) electrons. The van der Waals surface area contributed by atoms with Crippen molar-refractivity contribution in [3.8, 4) is 134 Å². The second-order valence-corrected chi connectivity index (χ2v) is 33.6. The third-order valence-corrected chi connectivity index (χ3v) is 23.9. The first kappa shape index (κ1) is 106. The van der Waals surface area contributed by atoms with Gasteiger partial charge in [0.1, 0.15) is 23.6 Å². The van der Waals surface area contributed by atoms with Crippen LogP contribution in [-0.2, 0) is 12.4 Å². The third kappa shape index (κ3) is 23.9. The van der Waals surface area contributed by atoms with Crippen LogP contribution in [0.1, 0.15) is 96.7 Å². The molecule has 6 aromatic carbocycles. The maximum Gasteiger partial charge on any atom is 0.416 e. The van der Waals surface area contributed by atoms with Gasteiger partial charge < -0.3 is 4.40 Å². The van der Waals surface area contributed by atoms with E-state index in [4.69, 9.17) is 11.6 Å². The van der Waals surface area contributed by atoms with E-state index in [2.05, 4.69) is 164 Å². The van der Waals surface area contributed by atoms with E-state index in [1.165, 1.54) is 64.6 Å². The molecule has 1 aliphatic rings. The van der Waals surface area contributed by atoms with Crippen LogP contribution < -0.4 is 0 Å². The number of pyridine rings is 7. The molecule has 1 saturated carbocycles. The van der Waals surface area contributed by atoms with Crippen LogP contribution in [-0.4, -0.2) is 116 Å². The van der Waals surface area contributed by atoms with Crippen molar-refractivity contribution < 1.29 is 35.1 Å². The molecule has 18 heterocycles. The van der Waals surface area contributed by atoms with Gasteiger partial charge in [0.15, 0.2) is 0 Å². The maximum absolute atomic E-state index is 13.5. The number of nitrogens with zero attached hydrogens (tertiary/aromatic N) is 24. The average molecular weight is 2020 g/mol. The first-order chi connectivity index (χ1) is 69.6. The summed E-state index contributed by atoms with van der Waals surface area (Å²) < 4.78 is 116. The molecule has 0 unspecified atom stereocenters. The quantitative estimate of drug-likeness (QED) is 0.0972. The lowest BCUT2D eigenvalue weighted by atomic mass is 9.97. The van der Waals surface area contributed by atoms with Gasteiger partial charge in [0.25, 0.3) is 5.78 Å². The minimum absolute atomic E-state index is 0. The van der Waals surface area contributed by atoms with Crippen LogP contribution in [0.25, 0.3) is 169 Å². The molecule has 0 aliphatic heterocycles. The van der Waals surface area contributed by atoms with Crippen LogP contribution in [0.4, 0.5) is 35.1 Å². The largest absolute Gasteiger partial charge is 0.416 e. The van der Waals surface area contributed by atoms with Gasteiger partial charge in [-0.2, -0.15) is 36.4 Å². The van der Waals surface area contributed by atoms with Crippen LogP contribution in [0, 0.1) is 32.4 Å². The number of fused-ring (bicyclic) bond motifs is 6. The fraction of sp³-hybridized carbons (Fsp3) is 0.121. The predicted molar refractivity (Wildman–Crippen MR) is 571 cm³/mol. The molecule has 149 heavy (non-hydrogen) atoms. The molecule has 18 aromatic heterocycles. The normalized spacial score (nSPS) is 11.4. The van der Waals surface area contributed by atoms with Crippen molar-refractivity contribution in [2.24, 2.45) is 0 Å². The van der Waals surface area contributed by atoms with Crippen LogP contribution >= 0.6 is 11.6 Å². The molecule has 33 heteroatoms. The molecule has 0 atom stereocenters. The number of aryl methyl sites for hydroxylation is 3. The van der Waals surface area contributed by atoms with Crippen molar-refractivity contribution >= 4 is 46.1 Å². The number of halogens is 9. The summed E-state index contributed by atoms with van der Waals surface area (Å²) in [6, 6.07) is 62.1. The summed E-state index contributed by atoms with van der Waals surface area (Å²) in [4.78, 5) is 73.3. The van der Waals surface area contributed by atoms with E-state index in [0.717, 1.165) is 131 Å². The van der Waals surface area contributed by atoms with Crippen molar-refractivity contribution in [1.82, 2.24) is 116 Å². The molecule has 748 valence electrons. The van der Waals surface area contributed by atoms with Gasteiger partial charge in [0.2, 0.25) is 23.1 Å². The Labute approximate surface area is 859 Å². The Bertz CT molecular complexity index is 8600. The minimum atomic E-state index is -4.41. The first-order valence-electron chi connectivity index (χ1n) is 44.8. The number of hydrogen-bond donors (Lipinski definition) is 0. The van der Waals surface area contributed by atoms with Crippen LogP contribution in [0.15, 0.2) is 386 Å². The number of alkyl halides is 6. The van der Waals surface area contributed by atoms with Gasteiger partial charge in [-0.3, -0.25) is 47.5 Å². The van der Waals surface area contributed by atoms with Gasteiger partial charge in [-0.05, 0) is 171 Å². The smallest absolute Gasteiger partial charge is 0.306 e. The Morgan fingerprint density at radius 2 is 0.624 bits per heavy atom. The van der Waals surface area contributed by atoms with Crippen molar-refractivity contribution in [1.29, 1.82) is 0 Å². The van der Waals surface area contributed by atoms with Gasteiger partial charge >= 0.3 is 12.4 Å². The van der Waals surface area contributed by atoms with Crippen LogP contribution in [0.2, 0.25) is 5.02 Å². The summed E-state index contributed by atoms with van der Waals surface area (Å²) in [6.07, 6.45) is 43.7. The molecule has 0 spiro atoms. The lowest BCUT2D eigenvalue weighted by Gasteiger charge is -2.12. The molecule has 25 rings (SSSR count). The first-order valence-corrected chi connectivity index (χ1v) is 45.2. The molecule has 0 saturated heterocycles. The molecule has 24 aromatic rings. The number of hydrogen-bond acceptors (Lipinski definition) is 18. The van der Waals surface area contributed by atoms with E-state index in [1.807, 2.05) is 153 Å². The zero-order valence-corrected chi connectivity index (χ0v) is 76.8. The summed E-state index contributed by atoms with van der Waals surface area (Å²) >= 11 is 5.94. The molecule has 0 bridgehead atoms. The molecular weight excluding hydrogens is 1920 g/mol.